The van der Waals surface area contributed by atoms with Crippen LogP contribution < -0.4 is 5.73 Å². The minimum absolute atomic E-state index is 0.528. The lowest BCUT2D eigenvalue weighted by Crippen LogP contribution is -2.27. The van der Waals surface area contributed by atoms with Gasteiger partial charge in [-0.3, -0.25) is 4.90 Å². The smallest absolute Gasteiger partial charge is 0.123 e. The van der Waals surface area contributed by atoms with Gasteiger partial charge in [-0.25, -0.2) is 4.98 Å². The van der Waals surface area contributed by atoms with Gasteiger partial charge in [0.15, 0.2) is 0 Å². The van der Waals surface area contributed by atoms with E-state index in [4.69, 9.17) is 17.3 Å². The van der Waals surface area contributed by atoms with E-state index in [0.717, 1.165) is 25.3 Å². The van der Waals surface area contributed by atoms with Gasteiger partial charge < -0.3 is 5.73 Å². The van der Waals surface area contributed by atoms with Crippen molar-refractivity contribution < 1.29 is 0 Å². The highest BCUT2D eigenvalue weighted by molar-refractivity contribution is 6.31. The first-order valence-electron chi connectivity index (χ1n) is 5.66. The Morgan fingerprint density at radius 2 is 2.12 bits per heavy atom. The van der Waals surface area contributed by atoms with Gasteiger partial charge in [0.1, 0.15) is 5.82 Å². The summed E-state index contributed by atoms with van der Waals surface area (Å²) in [5, 5.41) is 0.691. The van der Waals surface area contributed by atoms with Crippen LogP contribution in [0.25, 0.3) is 0 Å². The van der Waals surface area contributed by atoms with E-state index in [0.29, 0.717) is 16.8 Å². The van der Waals surface area contributed by atoms with Crippen LogP contribution in [0.1, 0.15) is 26.5 Å². The number of halogens is 1. The summed E-state index contributed by atoms with van der Waals surface area (Å²) < 4.78 is 0. The number of hydrogen-bond acceptors (Lipinski definition) is 3. The average molecular weight is 242 g/mol. The molecule has 0 saturated heterocycles. The van der Waals surface area contributed by atoms with Crippen molar-refractivity contribution in [1.29, 1.82) is 0 Å². The lowest BCUT2D eigenvalue weighted by molar-refractivity contribution is 0.246. The van der Waals surface area contributed by atoms with Crippen molar-refractivity contribution in [2.75, 3.05) is 18.8 Å². The number of rotatable bonds is 5. The van der Waals surface area contributed by atoms with Crippen molar-refractivity contribution in [2.24, 2.45) is 5.92 Å². The number of hydrogen-bond donors (Lipinski definition) is 1. The van der Waals surface area contributed by atoms with E-state index in [2.05, 4.69) is 30.7 Å². The summed E-state index contributed by atoms with van der Waals surface area (Å²) in [6, 6.07) is 3.53. The standard InChI is InChI=1S/C12H20ClN3/c1-4-16(7-9(2)3)8-11-10(13)5-6-12(14)15-11/h5-6,9H,4,7-8H2,1-3H3,(H2,14,15). The number of nitrogens with zero attached hydrogens (tertiary/aromatic N) is 2. The van der Waals surface area contributed by atoms with E-state index in [1.54, 1.807) is 6.07 Å². The van der Waals surface area contributed by atoms with Crippen molar-refractivity contribution in [1.82, 2.24) is 9.88 Å². The maximum atomic E-state index is 6.09. The van der Waals surface area contributed by atoms with Gasteiger partial charge in [-0.1, -0.05) is 32.4 Å². The second kappa shape index (κ2) is 6.06. The Kier molecular flexibility index (Phi) is 5.03. The molecule has 1 heterocycles. The van der Waals surface area contributed by atoms with Crippen LogP contribution >= 0.6 is 11.6 Å². The molecule has 0 bridgehead atoms. The molecule has 3 nitrogen and oxygen atoms in total. The maximum Gasteiger partial charge on any atom is 0.123 e. The van der Waals surface area contributed by atoms with Crippen molar-refractivity contribution in [3.05, 3.63) is 22.8 Å². The van der Waals surface area contributed by atoms with Gasteiger partial charge in [-0.05, 0) is 24.6 Å². The summed E-state index contributed by atoms with van der Waals surface area (Å²) in [4.78, 5) is 6.59. The van der Waals surface area contributed by atoms with E-state index < -0.39 is 0 Å². The Hall–Kier alpha value is -0.800. The number of nitrogen functional groups attached to an aromatic ring is 1. The Balaban J connectivity index is 2.73. The molecule has 0 radical (unpaired) electrons. The third kappa shape index (κ3) is 3.99. The van der Waals surface area contributed by atoms with Gasteiger partial charge >= 0.3 is 0 Å². The zero-order valence-electron chi connectivity index (χ0n) is 10.2. The van der Waals surface area contributed by atoms with Crippen molar-refractivity contribution in [2.45, 2.75) is 27.3 Å². The van der Waals surface area contributed by atoms with Crippen molar-refractivity contribution in [3.63, 3.8) is 0 Å². The molecule has 2 N–H and O–H groups in total. The fourth-order valence-electron chi connectivity index (χ4n) is 1.65. The largest absolute Gasteiger partial charge is 0.384 e. The normalized spacial score (nSPS) is 11.4. The van der Waals surface area contributed by atoms with Gasteiger partial charge in [0.05, 0.1) is 10.7 Å². The number of pyridine rings is 1. The minimum atomic E-state index is 0.528. The van der Waals surface area contributed by atoms with Gasteiger partial charge in [-0.2, -0.15) is 0 Å². The second-order valence-corrected chi connectivity index (χ2v) is 4.79. The van der Waals surface area contributed by atoms with E-state index in [1.807, 2.05) is 6.07 Å². The Bertz CT molecular complexity index is 339. The Morgan fingerprint density at radius 3 is 2.69 bits per heavy atom. The first kappa shape index (κ1) is 13.3. The molecular formula is C12H20ClN3. The van der Waals surface area contributed by atoms with E-state index in [1.165, 1.54) is 0 Å². The molecule has 0 spiro atoms. The monoisotopic (exact) mass is 241 g/mol. The van der Waals surface area contributed by atoms with Crippen LogP contribution in [0.15, 0.2) is 12.1 Å². The summed E-state index contributed by atoms with van der Waals surface area (Å²) in [7, 11) is 0. The van der Waals surface area contributed by atoms with Crippen molar-refractivity contribution in [3.8, 4) is 0 Å². The molecule has 0 aliphatic heterocycles. The molecule has 16 heavy (non-hydrogen) atoms. The summed E-state index contributed by atoms with van der Waals surface area (Å²) in [5.41, 5.74) is 6.52. The molecule has 0 amide bonds. The molecule has 4 heteroatoms. The van der Waals surface area contributed by atoms with Gasteiger partial charge in [0.2, 0.25) is 0 Å². The van der Waals surface area contributed by atoms with E-state index in [9.17, 15) is 0 Å². The zero-order chi connectivity index (χ0) is 12.1. The SMILES string of the molecule is CCN(Cc1nc(N)ccc1Cl)CC(C)C. The topological polar surface area (TPSA) is 42.2 Å². The van der Waals surface area contributed by atoms with Gasteiger partial charge in [-0.15, -0.1) is 0 Å². The lowest BCUT2D eigenvalue weighted by atomic mass is 10.2. The summed E-state index contributed by atoms with van der Waals surface area (Å²) >= 11 is 6.09. The molecule has 1 aromatic heterocycles. The lowest BCUT2D eigenvalue weighted by Gasteiger charge is -2.22. The van der Waals surface area contributed by atoms with Crippen LogP contribution in [-0.4, -0.2) is 23.0 Å². The Morgan fingerprint density at radius 1 is 1.44 bits per heavy atom. The Labute approximate surface area is 103 Å². The maximum absolute atomic E-state index is 6.09. The molecular weight excluding hydrogens is 222 g/mol. The van der Waals surface area contributed by atoms with Crippen LogP contribution in [0.5, 0.6) is 0 Å². The third-order valence-corrected chi connectivity index (χ3v) is 2.73. The van der Waals surface area contributed by atoms with Crippen LogP contribution in [0.4, 0.5) is 5.82 Å². The molecule has 1 rings (SSSR count). The van der Waals surface area contributed by atoms with Gasteiger partial charge in [0, 0.05) is 13.1 Å². The second-order valence-electron chi connectivity index (χ2n) is 4.39. The fraction of sp³-hybridized carbons (Fsp3) is 0.583. The molecule has 0 atom stereocenters. The fourth-order valence-corrected chi connectivity index (χ4v) is 1.81. The highest BCUT2D eigenvalue weighted by Gasteiger charge is 2.10. The molecule has 0 aliphatic carbocycles. The third-order valence-electron chi connectivity index (χ3n) is 2.38. The van der Waals surface area contributed by atoms with E-state index in [-0.39, 0.29) is 0 Å². The first-order valence-corrected chi connectivity index (χ1v) is 6.04. The highest BCUT2D eigenvalue weighted by atomic mass is 35.5. The molecule has 0 aromatic carbocycles. The predicted molar refractivity (Wildman–Crippen MR) is 69.4 cm³/mol. The first-order chi connectivity index (χ1) is 7.52. The zero-order valence-corrected chi connectivity index (χ0v) is 11.0. The van der Waals surface area contributed by atoms with Crippen LogP contribution in [-0.2, 0) is 6.54 Å². The van der Waals surface area contributed by atoms with E-state index >= 15 is 0 Å². The minimum Gasteiger partial charge on any atom is -0.384 e. The number of anilines is 1. The molecule has 0 aliphatic rings. The molecule has 1 aromatic rings. The number of nitrogens with two attached hydrogens (primary N) is 1. The predicted octanol–water partition coefficient (Wildman–Crippen LogP) is 2.80. The highest BCUT2D eigenvalue weighted by Crippen LogP contribution is 2.17. The van der Waals surface area contributed by atoms with Crippen molar-refractivity contribution >= 4 is 17.4 Å². The molecule has 0 unspecified atom stereocenters. The van der Waals surface area contributed by atoms with Crippen LogP contribution in [0, 0.1) is 5.92 Å². The summed E-state index contributed by atoms with van der Waals surface area (Å²) in [6.07, 6.45) is 0. The van der Waals surface area contributed by atoms with Crippen LogP contribution in [0.2, 0.25) is 5.02 Å². The number of aromatic nitrogens is 1. The molecule has 0 saturated carbocycles. The summed E-state index contributed by atoms with van der Waals surface area (Å²) in [5.74, 6) is 1.17. The molecule has 0 fully saturated rings. The van der Waals surface area contributed by atoms with Crippen LogP contribution in [0.3, 0.4) is 0 Å². The van der Waals surface area contributed by atoms with Gasteiger partial charge in [0.25, 0.3) is 0 Å². The molecule has 90 valence electrons. The average Bonchev–Trinajstić information content (AvgIpc) is 2.21. The summed E-state index contributed by atoms with van der Waals surface area (Å²) in [6.45, 7) is 9.35. The quantitative estimate of drug-likeness (QED) is 0.862.